The Labute approximate surface area is 113 Å². The molecule has 1 aliphatic rings. The fourth-order valence-electron chi connectivity index (χ4n) is 2.24. The number of anilines is 2. The Kier molecular flexibility index (Phi) is 4.03. The number of nitrogens with zero attached hydrogens (tertiary/aromatic N) is 1. The molecule has 96 valence electrons. The van der Waals surface area contributed by atoms with E-state index in [0.717, 1.165) is 17.8 Å². The standard InChI is InChI=1S/C14H19N3S/c1-18-14(6-2-7-14)10-17-12-3-4-13(16)11(9-12)5-8-15/h3-4,9,17H,2,5-7,10,16H2,1H3. The third kappa shape index (κ3) is 2.73. The number of hydrogen-bond donors (Lipinski definition) is 2. The van der Waals surface area contributed by atoms with E-state index in [1.165, 1.54) is 19.3 Å². The Morgan fingerprint density at radius 1 is 1.50 bits per heavy atom. The Morgan fingerprint density at radius 2 is 2.28 bits per heavy atom. The van der Waals surface area contributed by atoms with Gasteiger partial charge in [-0.2, -0.15) is 17.0 Å². The van der Waals surface area contributed by atoms with Gasteiger partial charge in [0.15, 0.2) is 0 Å². The molecule has 0 heterocycles. The van der Waals surface area contributed by atoms with E-state index in [4.69, 9.17) is 11.0 Å². The number of nitrogens with two attached hydrogens (primary N) is 1. The van der Waals surface area contributed by atoms with Crippen LogP contribution in [0.3, 0.4) is 0 Å². The fourth-order valence-corrected chi connectivity index (χ4v) is 3.15. The molecule has 0 aromatic heterocycles. The molecule has 0 spiro atoms. The third-order valence-electron chi connectivity index (χ3n) is 3.72. The molecule has 0 atom stereocenters. The molecule has 0 saturated heterocycles. The summed E-state index contributed by atoms with van der Waals surface area (Å²) in [5.41, 5.74) is 8.51. The van der Waals surface area contributed by atoms with Crippen molar-refractivity contribution in [3.63, 3.8) is 0 Å². The topological polar surface area (TPSA) is 61.8 Å². The van der Waals surface area contributed by atoms with Crippen LogP contribution in [0.1, 0.15) is 24.8 Å². The molecule has 1 aromatic carbocycles. The van der Waals surface area contributed by atoms with Crippen molar-refractivity contribution in [1.29, 1.82) is 5.26 Å². The number of rotatable bonds is 5. The summed E-state index contributed by atoms with van der Waals surface area (Å²) in [6, 6.07) is 8.00. The van der Waals surface area contributed by atoms with Gasteiger partial charge in [0, 0.05) is 22.7 Å². The molecule has 18 heavy (non-hydrogen) atoms. The van der Waals surface area contributed by atoms with Crippen LogP contribution in [0, 0.1) is 11.3 Å². The van der Waals surface area contributed by atoms with Crippen molar-refractivity contribution in [1.82, 2.24) is 0 Å². The summed E-state index contributed by atoms with van der Waals surface area (Å²) in [4.78, 5) is 0. The molecule has 0 amide bonds. The molecule has 3 nitrogen and oxygen atoms in total. The lowest BCUT2D eigenvalue weighted by atomic mass is 9.84. The lowest BCUT2D eigenvalue weighted by molar-refractivity contribution is 0.380. The summed E-state index contributed by atoms with van der Waals surface area (Å²) in [7, 11) is 0. The van der Waals surface area contributed by atoms with Gasteiger partial charge in [-0.3, -0.25) is 0 Å². The minimum absolute atomic E-state index is 0.370. The number of benzene rings is 1. The summed E-state index contributed by atoms with van der Waals surface area (Å²) >= 11 is 1.96. The van der Waals surface area contributed by atoms with Gasteiger partial charge in [0.2, 0.25) is 0 Å². The number of thioether (sulfide) groups is 1. The highest BCUT2D eigenvalue weighted by molar-refractivity contribution is 8.00. The van der Waals surface area contributed by atoms with Crippen LogP contribution in [0.15, 0.2) is 18.2 Å². The van der Waals surface area contributed by atoms with Gasteiger partial charge in [-0.25, -0.2) is 0 Å². The molecule has 0 unspecified atom stereocenters. The lowest BCUT2D eigenvalue weighted by Gasteiger charge is -2.40. The van der Waals surface area contributed by atoms with Gasteiger partial charge in [0.25, 0.3) is 0 Å². The normalized spacial score (nSPS) is 16.7. The lowest BCUT2D eigenvalue weighted by Crippen LogP contribution is -2.40. The highest BCUT2D eigenvalue weighted by Crippen LogP contribution is 2.42. The molecule has 4 heteroatoms. The number of nitrogen functional groups attached to an aromatic ring is 1. The van der Waals surface area contributed by atoms with Crippen molar-refractivity contribution < 1.29 is 0 Å². The molecular weight excluding hydrogens is 242 g/mol. The van der Waals surface area contributed by atoms with Gasteiger partial charge in [0.1, 0.15) is 0 Å². The maximum atomic E-state index is 8.75. The van der Waals surface area contributed by atoms with E-state index in [9.17, 15) is 0 Å². The molecule has 0 aliphatic heterocycles. The average Bonchev–Trinajstić information content (AvgIpc) is 2.32. The third-order valence-corrected chi connectivity index (χ3v) is 5.14. The quantitative estimate of drug-likeness (QED) is 0.800. The Balaban J connectivity index is 2.01. The van der Waals surface area contributed by atoms with Gasteiger partial charge in [-0.15, -0.1) is 0 Å². The van der Waals surface area contributed by atoms with Crippen molar-refractivity contribution in [3.8, 4) is 6.07 Å². The first kappa shape index (κ1) is 13.1. The van der Waals surface area contributed by atoms with Gasteiger partial charge in [-0.05, 0) is 42.9 Å². The molecule has 0 radical (unpaired) electrons. The van der Waals surface area contributed by atoms with E-state index in [2.05, 4.69) is 17.6 Å². The largest absolute Gasteiger partial charge is 0.398 e. The van der Waals surface area contributed by atoms with Crippen molar-refractivity contribution in [2.45, 2.75) is 30.4 Å². The maximum Gasteiger partial charge on any atom is 0.0670 e. The van der Waals surface area contributed by atoms with Gasteiger partial charge in [-0.1, -0.05) is 6.42 Å². The van der Waals surface area contributed by atoms with Crippen LogP contribution in [0.2, 0.25) is 0 Å². The van der Waals surface area contributed by atoms with E-state index in [-0.39, 0.29) is 0 Å². The first-order valence-electron chi connectivity index (χ1n) is 6.23. The van der Waals surface area contributed by atoms with Crippen molar-refractivity contribution in [2.75, 3.05) is 23.9 Å². The molecule has 1 aliphatic carbocycles. The van der Waals surface area contributed by atoms with Gasteiger partial charge in [0.05, 0.1) is 12.5 Å². The highest BCUT2D eigenvalue weighted by atomic mass is 32.2. The SMILES string of the molecule is CSC1(CNc2ccc(N)c(CC#N)c2)CCC1. The molecule has 1 fully saturated rings. The van der Waals surface area contributed by atoms with Crippen molar-refractivity contribution in [3.05, 3.63) is 23.8 Å². The van der Waals surface area contributed by atoms with Crippen LogP contribution >= 0.6 is 11.8 Å². The number of nitrogens with one attached hydrogen (secondary N) is 1. The molecule has 1 saturated carbocycles. The predicted molar refractivity (Wildman–Crippen MR) is 78.8 cm³/mol. The average molecular weight is 261 g/mol. The maximum absolute atomic E-state index is 8.75. The second-order valence-corrected chi connectivity index (χ2v) is 6.12. The zero-order chi connectivity index (χ0) is 13.0. The minimum atomic E-state index is 0.370. The van der Waals surface area contributed by atoms with E-state index in [1.54, 1.807) is 0 Å². The summed E-state index contributed by atoms with van der Waals surface area (Å²) in [5.74, 6) is 0. The van der Waals surface area contributed by atoms with Crippen LogP contribution in [0.25, 0.3) is 0 Å². The van der Waals surface area contributed by atoms with Gasteiger partial charge >= 0.3 is 0 Å². The molecule has 2 rings (SSSR count). The molecule has 3 N–H and O–H groups in total. The van der Waals surface area contributed by atoms with Crippen LogP contribution in [-0.4, -0.2) is 17.5 Å². The minimum Gasteiger partial charge on any atom is -0.398 e. The zero-order valence-electron chi connectivity index (χ0n) is 10.7. The summed E-state index contributed by atoms with van der Waals surface area (Å²) < 4.78 is 0.413. The molecular formula is C14H19N3S. The smallest absolute Gasteiger partial charge is 0.0670 e. The van der Waals surface area contributed by atoms with E-state index in [1.807, 2.05) is 30.0 Å². The second-order valence-electron chi connectivity index (χ2n) is 4.84. The second kappa shape index (κ2) is 5.53. The Bertz CT molecular complexity index is 455. The number of nitriles is 1. The van der Waals surface area contributed by atoms with E-state index < -0.39 is 0 Å². The molecule has 0 bridgehead atoms. The molecule has 1 aromatic rings. The summed E-state index contributed by atoms with van der Waals surface area (Å²) in [6.07, 6.45) is 6.48. The zero-order valence-corrected chi connectivity index (χ0v) is 11.5. The Hall–Kier alpha value is -1.34. The monoisotopic (exact) mass is 261 g/mol. The van der Waals surface area contributed by atoms with Crippen molar-refractivity contribution in [2.24, 2.45) is 0 Å². The Morgan fingerprint density at radius 3 is 2.83 bits per heavy atom. The van der Waals surface area contributed by atoms with Crippen LogP contribution in [-0.2, 0) is 6.42 Å². The van der Waals surface area contributed by atoms with Crippen LogP contribution in [0.4, 0.5) is 11.4 Å². The summed E-state index contributed by atoms with van der Waals surface area (Å²) in [6.45, 7) is 0.990. The fraction of sp³-hybridized carbons (Fsp3) is 0.500. The summed E-state index contributed by atoms with van der Waals surface area (Å²) in [5, 5.41) is 12.2. The van der Waals surface area contributed by atoms with Crippen molar-refractivity contribution >= 4 is 23.1 Å². The van der Waals surface area contributed by atoms with E-state index in [0.29, 0.717) is 16.9 Å². The van der Waals surface area contributed by atoms with Crippen LogP contribution < -0.4 is 11.1 Å². The first-order valence-corrected chi connectivity index (χ1v) is 7.46. The number of hydrogen-bond acceptors (Lipinski definition) is 4. The van der Waals surface area contributed by atoms with E-state index >= 15 is 0 Å². The first-order chi connectivity index (χ1) is 8.69. The van der Waals surface area contributed by atoms with Gasteiger partial charge < -0.3 is 11.1 Å². The highest BCUT2D eigenvalue weighted by Gasteiger charge is 2.35. The predicted octanol–water partition coefficient (Wildman–Crippen LogP) is 3.03. The van der Waals surface area contributed by atoms with Crippen LogP contribution in [0.5, 0.6) is 0 Å².